The van der Waals surface area contributed by atoms with Gasteiger partial charge in [0.15, 0.2) is 6.61 Å². The predicted octanol–water partition coefficient (Wildman–Crippen LogP) is 3.30. The minimum atomic E-state index is -0.362. The molecule has 0 bridgehead atoms. The molecule has 0 aliphatic heterocycles. The summed E-state index contributed by atoms with van der Waals surface area (Å²) in [4.78, 5) is 11.8. The number of nitrogens with zero attached hydrogens (tertiary/aromatic N) is 1. The van der Waals surface area contributed by atoms with Crippen molar-refractivity contribution < 1.29 is 14.3 Å². The number of ether oxygens (including phenoxy) is 2. The summed E-state index contributed by atoms with van der Waals surface area (Å²) in [6.45, 7) is 1.98. The molecule has 6 heteroatoms. The van der Waals surface area contributed by atoms with Crippen molar-refractivity contribution in [2.75, 3.05) is 13.2 Å². The lowest BCUT2D eigenvalue weighted by molar-refractivity contribution is -0.123. The number of amides is 1. The number of benzene rings is 2. The van der Waals surface area contributed by atoms with E-state index in [4.69, 9.17) is 15.9 Å². The minimum Gasteiger partial charge on any atom is -0.484 e. The Morgan fingerprint density at radius 3 is 2.92 bits per heavy atom. The van der Waals surface area contributed by atoms with Gasteiger partial charge < -0.3 is 9.47 Å². The third kappa shape index (κ3) is 6.32. The summed E-state index contributed by atoms with van der Waals surface area (Å²) in [5.74, 6) is 3.26. The van der Waals surface area contributed by atoms with Crippen LogP contribution < -0.4 is 14.9 Å². The quantitative estimate of drug-likeness (QED) is 0.440. The zero-order chi connectivity index (χ0) is 18.1. The van der Waals surface area contributed by atoms with Gasteiger partial charge in [-0.1, -0.05) is 34.0 Å². The summed E-state index contributed by atoms with van der Waals surface area (Å²) in [7, 11) is 0. The number of hydrazone groups is 1. The summed E-state index contributed by atoms with van der Waals surface area (Å²) in [5.41, 5.74) is 4.16. The molecule has 0 saturated heterocycles. The molecule has 0 aliphatic carbocycles. The average Bonchev–Trinajstić information content (AvgIpc) is 2.59. The van der Waals surface area contributed by atoms with Crippen molar-refractivity contribution in [3.63, 3.8) is 0 Å². The van der Waals surface area contributed by atoms with E-state index < -0.39 is 0 Å². The first kappa shape index (κ1) is 18.6. The highest BCUT2D eigenvalue weighted by molar-refractivity contribution is 9.10. The van der Waals surface area contributed by atoms with Crippen LogP contribution in [0.4, 0.5) is 0 Å². The minimum absolute atomic E-state index is 0.125. The molecule has 2 aromatic rings. The highest BCUT2D eigenvalue weighted by Gasteiger charge is 2.04. The van der Waals surface area contributed by atoms with Gasteiger partial charge in [0.2, 0.25) is 0 Å². The molecule has 2 aromatic carbocycles. The number of aryl methyl sites for hydroxylation is 1. The first-order valence-corrected chi connectivity index (χ1v) is 8.25. The molecule has 1 N–H and O–H groups in total. The van der Waals surface area contributed by atoms with Crippen LogP contribution in [0.3, 0.4) is 0 Å². The second-order valence-corrected chi connectivity index (χ2v) is 5.99. The van der Waals surface area contributed by atoms with Gasteiger partial charge in [-0.15, -0.1) is 6.42 Å². The van der Waals surface area contributed by atoms with Crippen molar-refractivity contribution >= 4 is 28.1 Å². The Morgan fingerprint density at radius 1 is 1.32 bits per heavy atom. The fraction of sp³-hybridized carbons (Fsp3) is 0.158. The zero-order valence-corrected chi connectivity index (χ0v) is 15.2. The van der Waals surface area contributed by atoms with Gasteiger partial charge in [-0.3, -0.25) is 4.79 Å². The molecule has 25 heavy (non-hydrogen) atoms. The summed E-state index contributed by atoms with van der Waals surface area (Å²) in [6.07, 6.45) is 6.69. The Morgan fingerprint density at radius 2 is 2.16 bits per heavy atom. The molecule has 0 saturated carbocycles. The first-order chi connectivity index (χ1) is 12.1. The van der Waals surface area contributed by atoms with Crippen molar-refractivity contribution in [1.29, 1.82) is 0 Å². The Hall–Kier alpha value is -2.78. The standard InChI is InChI=1S/C19H17BrN2O3/c1-3-9-24-18-8-7-16(20)11-15(18)12-21-22-19(23)13-25-17-6-4-5-14(2)10-17/h1,4-8,10-12H,9,13H2,2H3,(H,22,23)/b21-12-. The van der Waals surface area contributed by atoms with E-state index in [9.17, 15) is 4.79 Å². The van der Waals surface area contributed by atoms with E-state index in [0.717, 1.165) is 10.0 Å². The van der Waals surface area contributed by atoms with E-state index in [0.29, 0.717) is 17.1 Å². The van der Waals surface area contributed by atoms with Crippen molar-refractivity contribution in [2.24, 2.45) is 5.10 Å². The van der Waals surface area contributed by atoms with E-state index in [1.54, 1.807) is 12.1 Å². The van der Waals surface area contributed by atoms with Crippen LogP contribution in [0.5, 0.6) is 11.5 Å². The second kappa shape index (κ2) is 9.50. The number of rotatable bonds is 7. The molecule has 2 rings (SSSR count). The van der Waals surface area contributed by atoms with Gasteiger partial charge in [-0.05, 0) is 42.8 Å². The molecule has 128 valence electrons. The molecule has 0 spiro atoms. The monoisotopic (exact) mass is 400 g/mol. The van der Waals surface area contributed by atoms with Crippen LogP contribution >= 0.6 is 15.9 Å². The molecule has 5 nitrogen and oxygen atoms in total. The number of carbonyl (C=O) groups is 1. The van der Waals surface area contributed by atoms with Crippen LogP contribution in [0.2, 0.25) is 0 Å². The lowest BCUT2D eigenvalue weighted by Gasteiger charge is -2.07. The summed E-state index contributed by atoms with van der Waals surface area (Å²) < 4.78 is 11.7. The Bertz CT molecular complexity index is 813. The fourth-order valence-electron chi connectivity index (χ4n) is 1.93. The summed E-state index contributed by atoms with van der Waals surface area (Å²) >= 11 is 3.38. The maximum Gasteiger partial charge on any atom is 0.277 e. The van der Waals surface area contributed by atoms with Crippen LogP contribution in [0.1, 0.15) is 11.1 Å². The normalized spacial score (nSPS) is 10.3. The SMILES string of the molecule is C#CCOc1ccc(Br)cc1/C=N\NC(=O)COc1cccc(C)c1. The smallest absolute Gasteiger partial charge is 0.277 e. The number of halogens is 1. The first-order valence-electron chi connectivity index (χ1n) is 7.45. The van der Waals surface area contributed by atoms with E-state index in [1.165, 1.54) is 6.21 Å². The third-order valence-electron chi connectivity index (χ3n) is 3.04. The zero-order valence-electron chi connectivity index (χ0n) is 13.7. The highest BCUT2D eigenvalue weighted by Crippen LogP contribution is 2.21. The van der Waals surface area contributed by atoms with Crippen molar-refractivity contribution in [2.45, 2.75) is 6.92 Å². The maximum atomic E-state index is 11.8. The van der Waals surface area contributed by atoms with E-state index in [-0.39, 0.29) is 19.1 Å². The maximum absolute atomic E-state index is 11.8. The van der Waals surface area contributed by atoms with Gasteiger partial charge in [-0.2, -0.15) is 5.10 Å². The van der Waals surface area contributed by atoms with E-state index >= 15 is 0 Å². The van der Waals surface area contributed by atoms with E-state index in [2.05, 4.69) is 32.4 Å². The van der Waals surface area contributed by atoms with Crippen molar-refractivity contribution in [3.05, 3.63) is 58.1 Å². The molecule has 0 radical (unpaired) electrons. The molecule has 1 amide bonds. The third-order valence-corrected chi connectivity index (χ3v) is 3.53. The largest absolute Gasteiger partial charge is 0.484 e. The molecule has 0 atom stereocenters. The van der Waals surface area contributed by atoms with Crippen LogP contribution in [-0.2, 0) is 4.79 Å². The molecule has 0 unspecified atom stereocenters. The van der Waals surface area contributed by atoms with Crippen LogP contribution in [0, 0.1) is 19.3 Å². The molecule has 0 aliphatic rings. The van der Waals surface area contributed by atoms with Crippen LogP contribution in [0.15, 0.2) is 52.0 Å². The summed E-state index contributed by atoms with van der Waals surface area (Å²) in [6, 6.07) is 12.9. The molecular weight excluding hydrogens is 384 g/mol. The van der Waals surface area contributed by atoms with Gasteiger partial charge >= 0.3 is 0 Å². The molecular formula is C19H17BrN2O3. The molecule has 0 aromatic heterocycles. The number of nitrogens with one attached hydrogen (secondary N) is 1. The average molecular weight is 401 g/mol. The van der Waals surface area contributed by atoms with Crippen LogP contribution in [-0.4, -0.2) is 25.3 Å². The lowest BCUT2D eigenvalue weighted by Crippen LogP contribution is -2.24. The van der Waals surface area contributed by atoms with Gasteiger partial charge in [0, 0.05) is 10.0 Å². The van der Waals surface area contributed by atoms with Gasteiger partial charge in [0.25, 0.3) is 5.91 Å². The Labute approximate surface area is 155 Å². The van der Waals surface area contributed by atoms with Crippen molar-refractivity contribution in [1.82, 2.24) is 5.43 Å². The number of terminal acetylenes is 1. The number of hydrogen-bond donors (Lipinski definition) is 1. The lowest BCUT2D eigenvalue weighted by atomic mass is 10.2. The molecule has 0 heterocycles. The molecule has 0 fully saturated rings. The van der Waals surface area contributed by atoms with Gasteiger partial charge in [-0.25, -0.2) is 5.43 Å². The topological polar surface area (TPSA) is 59.9 Å². The highest BCUT2D eigenvalue weighted by atomic mass is 79.9. The number of carbonyl (C=O) groups excluding carboxylic acids is 1. The second-order valence-electron chi connectivity index (χ2n) is 5.07. The Kier molecular flexibility index (Phi) is 7.05. The predicted molar refractivity (Wildman–Crippen MR) is 101 cm³/mol. The fourth-order valence-corrected chi connectivity index (χ4v) is 2.31. The number of hydrogen-bond acceptors (Lipinski definition) is 4. The van der Waals surface area contributed by atoms with Gasteiger partial charge in [0.05, 0.1) is 6.21 Å². The van der Waals surface area contributed by atoms with Gasteiger partial charge in [0.1, 0.15) is 18.1 Å². The Balaban J connectivity index is 1.90. The van der Waals surface area contributed by atoms with Crippen molar-refractivity contribution in [3.8, 4) is 23.8 Å². The van der Waals surface area contributed by atoms with E-state index in [1.807, 2.05) is 37.3 Å². The van der Waals surface area contributed by atoms with Crippen LogP contribution in [0.25, 0.3) is 0 Å². The summed E-state index contributed by atoms with van der Waals surface area (Å²) in [5, 5.41) is 3.92.